The highest BCUT2D eigenvalue weighted by Crippen LogP contribution is 2.13. The van der Waals surface area contributed by atoms with Gasteiger partial charge < -0.3 is 4.90 Å². The lowest BCUT2D eigenvalue weighted by Crippen LogP contribution is -2.34. The predicted octanol–water partition coefficient (Wildman–Crippen LogP) is -0.0517. The summed E-state index contributed by atoms with van der Waals surface area (Å²) in [5, 5.41) is 7.87. The third-order valence-corrected chi connectivity index (χ3v) is 4.11. The van der Waals surface area contributed by atoms with Gasteiger partial charge in [-0.3, -0.25) is 0 Å². The smallest absolute Gasteiger partial charge is 0.211 e. The minimum atomic E-state index is -3.08. The van der Waals surface area contributed by atoms with Crippen LogP contribution >= 0.6 is 0 Å². The molecule has 1 aromatic heterocycles. The molecule has 1 aromatic rings. The van der Waals surface area contributed by atoms with Crippen LogP contribution in [0.4, 0.5) is 5.82 Å². The van der Waals surface area contributed by atoms with E-state index in [1.165, 1.54) is 10.6 Å². The highest BCUT2D eigenvalue weighted by molar-refractivity contribution is 7.88. The van der Waals surface area contributed by atoms with E-state index >= 15 is 0 Å². The Balaban J connectivity index is 2.06. The molecule has 0 radical (unpaired) electrons. The first-order valence-electron chi connectivity index (χ1n) is 5.55. The zero-order chi connectivity index (χ0) is 12.3. The van der Waals surface area contributed by atoms with E-state index in [0.717, 1.165) is 18.8 Å². The summed E-state index contributed by atoms with van der Waals surface area (Å²) in [6.45, 7) is 2.56. The molecule has 17 heavy (non-hydrogen) atoms. The van der Waals surface area contributed by atoms with Crippen molar-refractivity contribution in [1.29, 1.82) is 0 Å². The monoisotopic (exact) mass is 256 g/mol. The van der Waals surface area contributed by atoms with Crippen LogP contribution in [-0.2, 0) is 10.0 Å². The Bertz CT molecular complexity index is 462. The number of aromatic nitrogens is 2. The maximum atomic E-state index is 11.5. The van der Waals surface area contributed by atoms with Gasteiger partial charge in [0.15, 0.2) is 5.82 Å². The van der Waals surface area contributed by atoms with Crippen molar-refractivity contribution in [3.8, 4) is 0 Å². The molecule has 1 aliphatic heterocycles. The van der Waals surface area contributed by atoms with Gasteiger partial charge in [0.2, 0.25) is 10.0 Å². The number of hydrogen-bond donors (Lipinski definition) is 0. The Morgan fingerprint density at radius 2 is 2.06 bits per heavy atom. The molecule has 7 heteroatoms. The van der Waals surface area contributed by atoms with Gasteiger partial charge in [-0.2, -0.15) is 5.10 Å². The average Bonchev–Trinajstić information content (AvgIpc) is 2.55. The van der Waals surface area contributed by atoms with E-state index in [9.17, 15) is 8.42 Å². The molecule has 0 N–H and O–H groups in total. The van der Waals surface area contributed by atoms with E-state index < -0.39 is 10.0 Å². The molecule has 0 spiro atoms. The lowest BCUT2D eigenvalue weighted by atomic mass is 10.4. The first-order valence-corrected chi connectivity index (χ1v) is 7.40. The lowest BCUT2D eigenvalue weighted by Gasteiger charge is -2.21. The van der Waals surface area contributed by atoms with Crippen LogP contribution in [0.5, 0.6) is 0 Å². The molecule has 1 saturated heterocycles. The molecule has 0 unspecified atom stereocenters. The van der Waals surface area contributed by atoms with E-state index in [-0.39, 0.29) is 0 Å². The fourth-order valence-corrected chi connectivity index (χ4v) is 2.79. The Morgan fingerprint density at radius 3 is 2.71 bits per heavy atom. The highest BCUT2D eigenvalue weighted by Gasteiger charge is 2.21. The molecule has 0 aliphatic carbocycles. The van der Waals surface area contributed by atoms with Crippen LogP contribution in [0.1, 0.15) is 6.42 Å². The molecule has 94 valence electrons. The van der Waals surface area contributed by atoms with Crippen molar-refractivity contribution < 1.29 is 8.42 Å². The van der Waals surface area contributed by atoms with Crippen molar-refractivity contribution in [2.24, 2.45) is 0 Å². The van der Waals surface area contributed by atoms with Gasteiger partial charge in [-0.25, -0.2) is 12.7 Å². The first kappa shape index (κ1) is 12.3. The topological polar surface area (TPSA) is 66.4 Å². The molecular weight excluding hydrogens is 240 g/mol. The van der Waals surface area contributed by atoms with Crippen molar-refractivity contribution in [3.05, 3.63) is 18.3 Å². The fraction of sp³-hybridized carbons (Fsp3) is 0.600. The molecule has 0 bridgehead atoms. The summed E-state index contributed by atoms with van der Waals surface area (Å²) in [4.78, 5) is 2.07. The summed E-state index contributed by atoms with van der Waals surface area (Å²) in [7, 11) is -3.08. The van der Waals surface area contributed by atoms with Crippen LogP contribution in [-0.4, -0.2) is 55.4 Å². The van der Waals surface area contributed by atoms with E-state index in [1.807, 2.05) is 12.1 Å². The molecule has 1 aliphatic rings. The lowest BCUT2D eigenvalue weighted by molar-refractivity contribution is 0.437. The van der Waals surface area contributed by atoms with Crippen LogP contribution in [0.3, 0.4) is 0 Å². The van der Waals surface area contributed by atoms with Crippen LogP contribution in [0.15, 0.2) is 18.3 Å². The number of anilines is 1. The zero-order valence-electron chi connectivity index (χ0n) is 9.78. The molecule has 1 fully saturated rings. The van der Waals surface area contributed by atoms with Gasteiger partial charge in [0, 0.05) is 32.4 Å². The molecule has 0 atom stereocenters. The van der Waals surface area contributed by atoms with E-state index in [0.29, 0.717) is 19.6 Å². The quantitative estimate of drug-likeness (QED) is 0.742. The van der Waals surface area contributed by atoms with Crippen molar-refractivity contribution in [3.63, 3.8) is 0 Å². The maximum absolute atomic E-state index is 11.5. The fourth-order valence-electron chi connectivity index (χ4n) is 1.92. The Kier molecular flexibility index (Phi) is 3.58. The molecule has 0 saturated carbocycles. The van der Waals surface area contributed by atoms with Crippen molar-refractivity contribution in [2.75, 3.05) is 37.3 Å². The van der Waals surface area contributed by atoms with E-state index in [2.05, 4.69) is 15.1 Å². The van der Waals surface area contributed by atoms with Gasteiger partial charge in [-0.1, -0.05) is 0 Å². The van der Waals surface area contributed by atoms with Crippen LogP contribution < -0.4 is 4.90 Å². The normalized spacial score (nSPS) is 19.0. The van der Waals surface area contributed by atoms with Crippen LogP contribution in [0.25, 0.3) is 0 Å². The summed E-state index contributed by atoms with van der Waals surface area (Å²) < 4.78 is 24.4. The minimum absolute atomic E-state index is 0.509. The molecule has 2 heterocycles. The maximum Gasteiger partial charge on any atom is 0.211 e. The van der Waals surface area contributed by atoms with Gasteiger partial charge in [-0.15, -0.1) is 5.10 Å². The summed E-state index contributed by atoms with van der Waals surface area (Å²) in [6, 6.07) is 3.73. The number of nitrogens with zero attached hydrogens (tertiary/aromatic N) is 4. The minimum Gasteiger partial charge on any atom is -0.354 e. The Morgan fingerprint density at radius 1 is 1.24 bits per heavy atom. The Labute approximate surface area is 101 Å². The number of rotatable bonds is 2. The number of sulfonamides is 1. The van der Waals surface area contributed by atoms with E-state index in [4.69, 9.17) is 0 Å². The van der Waals surface area contributed by atoms with Gasteiger partial charge in [0.05, 0.1) is 6.26 Å². The van der Waals surface area contributed by atoms with Crippen molar-refractivity contribution >= 4 is 15.8 Å². The van der Waals surface area contributed by atoms with Gasteiger partial charge in [0.25, 0.3) is 0 Å². The molecular formula is C10H16N4O2S. The number of hydrogen-bond acceptors (Lipinski definition) is 5. The van der Waals surface area contributed by atoms with Gasteiger partial charge in [0.1, 0.15) is 0 Å². The summed E-state index contributed by atoms with van der Waals surface area (Å²) in [6.07, 6.45) is 3.69. The first-order chi connectivity index (χ1) is 8.07. The second-order valence-corrected chi connectivity index (χ2v) is 6.07. The average molecular weight is 256 g/mol. The second kappa shape index (κ2) is 4.97. The summed E-state index contributed by atoms with van der Waals surface area (Å²) in [5.74, 6) is 0.808. The molecule has 0 amide bonds. The summed E-state index contributed by atoms with van der Waals surface area (Å²) in [5.41, 5.74) is 0. The largest absolute Gasteiger partial charge is 0.354 e. The third-order valence-electron chi connectivity index (χ3n) is 2.81. The molecule has 6 nitrogen and oxygen atoms in total. The standard InChI is InChI=1S/C10H16N4O2S/c1-17(15,16)14-7-3-6-13(8-9-14)10-4-2-5-11-12-10/h2,4-5H,3,6-9H2,1H3. The van der Waals surface area contributed by atoms with Crippen LogP contribution in [0.2, 0.25) is 0 Å². The van der Waals surface area contributed by atoms with Gasteiger partial charge in [-0.05, 0) is 18.6 Å². The highest BCUT2D eigenvalue weighted by atomic mass is 32.2. The van der Waals surface area contributed by atoms with Crippen LogP contribution in [0, 0.1) is 0 Å². The molecule has 2 rings (SSSR count). The summed E-state index contributed by atoms with van der Waals surface area (Å²) >= 11 is 0. The third kappa shape index (κ3) is 3.13. The van der Waals surface area contributed by atoms with E-state index in [1.54, 1.807) is 6.20 Å². The predicted molar refractivity (Wildman–Crippen MR) is 65.3 cm³/mol. The zero-order valence-corrected chi connectivity index (χ0v) is 10.6. The molecule has 0 aromatic carbocycles. The van der Waals surface area contributed by atoms with Crippen molar-refractivity contribution in [1.82, 2.24) is 14.5 Å². The van der Waals surface area contributed by atoms with Crippen molar-refractivity contribution in [2.45, 2.75) is 6.42 Å². The van der Waals surface area contributed by atoms with Gasteiger partial charge >= 0.3 is 0 Å². The Hall–Kier alpha value is -1.21. The SMILES string of the molecule is CS(=O)(=O)N1CCCN(c2cccnn2)CC1. The second-order valence-electron chi connectivity index (χ2n) is 4.08.